The number of hydrogen-bond donors (Lipinski definition) is 2. The van der Waals surface area contributed by atoms with Gasteiger partial charge < -0.3 is 20.1 Å². The van der Waals surface area contributed by atoms with Gasteiger partial charge in [-0.2, -0.15) is 0 Å². The number of benzene rings is 1. The van der Waals surface area contributed by atoms with Crippen LogP contribution in [-0.4, -0.2) is 46.9 Å². The molecular formula is C20H22N4O3. The Balaban J connectivity index is 1.51. The molecule has 0 atom stereocenters. The van der Waals surface area contributed by atoms with Gasteiger partial charge in [0.05, 0.1) is 22.5 Å². The standard InChI is InChI=1S/C20H22N4O3/c1-14(25)24-13-20(22-16-4-2-3-5-17(16)24)8-10-23(11-9-20)19(27)15-6-7-18(26)21-12-15/h2-7,12,22H,8-11,13H2,1H3,(H,21,26). The summed E-state index contributed by atoms with van der Waals surface area (Å²) in [5.41, 5.74) is 1.89. The second kappa shape index (κ2) is 6.57. The number of nitrogens with zero attached hydrogens (tertiary/aromatic N) is 2. The van der Waals surface area contributed by atoms with Crippen LogP contribution in [0.1, 0.15) is 30.1 Å². The van der Waals surface area contributed by atoms with Crippen LogP contribution in [0.2, 0.25) is 0 Å². The predicted molar refractivity (Wildman–Crippen MR) is 103 cm³/mol. The minimum Gasteiger partial charge on any atom is -0.376 e. The van der Waals surface area contributed by atoms with Gasteiger partial charge in [0.25, 0.3) is 5.91 Å². The van der Waals surface area contributed by atoms with E-state index in [-0.39, 0.29) is 22.9 Å². The predicted octanol–water partition coefficient (Wildman–Crippen LogP) is 1.83. The first-order valence-corrected chi connectivity index (χ1v) is 9.11. The average Bonchev–Trinajstić information content (AvgIpc) is 2.68. The normalized spacial score (nSPS) is 18.0. The number of rotatable bonds is 1. The van der Waals surface area contributed by atoms with Gasteiger partial charge >= 0.3 is 0 Å². The van der Waals surface area contributed by atoms with Crippen molar-refractivity contribution in [2.75, 3.05) is 29.9 Å². The molecular weight excluding hydrogens is 344 g/mol. The summed E-state index contributed by atoms with van der Waals surface area (Å²) in [6.45, 7) is 3.38. The Hall–Kier alpha value is -3.09. The summed E-state index contributed by atoms with van der Waals surface area (Å²) in [7, 11) is 0. The molecule has 0 saturated carbocycles. The number of amides is 2. The molecule has 1 aromatic carbocycles. The highest BCUT2D eigenvalue weighted by Crippen LogP contribution is 2.39. The lowest BCUT2D eigenvalue weighted by atomic mass is 9.84. The van der Waals surface area contributed by atoms with Gasteiger partial charge in [0.1, 0.15) is 0 Å². The molecule has 2 aromatic rings. The SMILES string of the molecule is CC(=O)N1CC2(CCN(C(=O)c3ccc(=O)[nH]c3)CC2)Nc2ccccc21. The summed E-state index contributed by atoms with van der Waals surface area (Å²) < 4.78 is 0. The van der Waals surface area contributed by atoms with Crippen molar-refractivity contribution in [3.05, 3.63) is 58.5 Å². The van der Waals surface area contributed by atoms with Gasteiger partial charge in [-0.1, -0.05) is 12.1 Å². The molecule has 1 fully saturated rings. The molecule has 0 bridgehead atoms. The summed E-state index contributed by atoms with van der Waals surface area (Å²) in [6, 6.07) is 10.7. The highest BCUT2D eigenvalue weighted by atomic mass is 16.2. The first-order valence-electron chi connectivity index (χ1n) is 9.11. The maximum absolute atomic E-state index is 12.7. The lowest BCUT2D eigenvalue weighted by Gasteiger charge is -2.49. The molecule has 7 nitrogen and oxygen atoms in total. The van der Waals surface area contributed by atoms with Crippen molar-refractivity contribution >= 4 is 23.2 Å². The number of carbonyl (C=O) groups excluding carboxylic acids is 2. The highest BCUT2D eigenvalue weighted by Gasteiger charge is 2.42. The van der Waals surface area contributed by atoms with E-state index in [2.05, 4.69) is 10.3 Å². The fourth-order valence-corrected chi connectivity index (χ4v) is 3.96. The number of pyridine rings is 1. The summed E-state index contributed by atoms with van der Waals surface area (Å²) >= 11 is 0. The van der Waals surface area contributed by atoms with Gasteiger partial charge in [-0.05, 0) is 31.0 Å². The molecule has 1 saturated heterocycles. The number of aromatic nitrogens is 1. The summed E-state index contributed by atoms with van der Waals surface area (Å²) in [6.07, 6.45) is 2.96. The maximum atomic E-state index is 12.7. The van der Waals surface area contributed by atoms with Crippen molar-refractivity contribution in [1.82, 2.24) is 9.88 Å². The zero-order valence-corrected chi connectivity index (χ0v) is 15.2. The van der Waals surface area contributed by atoms with E-state index in [1.807, 2.05) is 29.2 Å². The van der Waals surface area contributed by atoms with Crippen molar-refractivity contribution in [2.45, 2.75) is 25.3 Å². The third-order valence-electron chi connectivity index (χ3n) is 5.47. The largest absolute Gasteiger partial charge is 0.376 e. The zero-order chi connectivity index (χ0) is 19.0. The number of anilines is 2. The number of aromatic amines is 1. The molecule has 3 heterocycles. The Labute approximate surface area is 157 Å². The Bertz CT molecular complexity index is 924. The molecule has 4 rings (SSSR count). The number of hydrogen-bond acceptors (Lipinski definition) is 4. The molecule has 140 valence electrons. The third kappa shape index (κ3) is 3.20. The van der Waals surface area contributed by atoms with E-state index in [9.17, 15) is 14.4 Å². The van der Waals surface area contributed by atoms with Crippen molar-refractivity contribution < 1.29 is 9.59 Å². The number of likely N-dealkylation sites (tertiary alicyclic amines) is 1. The summed E-state index contributed by atoms with van der Waals surface area (Å²) in [5.74, 6) is -0.0594. The molecule has 7 heteroatoms. The monoisotopic (exact) mass is 366 g/mol. The van der Waals surface area contributed by atoms with Crippen LogP contribution in [-0.2, 0) is 4.79 Å². The van der Waals surface area contributed by atoms with Crippen molar-refractivity contribution in [3.63, 3.8) is 0 Å². The fourth-order valence-electron chi connectivity index (χ4n) is 3.96. The van der Waals surface area contributed by atoms with Gasteiger partial charge in [-0.25, -0.2) is 0 Å². The Morgan fingerprint density at radius 3 is 2.48 bits per heavy atom. The number of piperidine rings is 1. The number of carbonyl (C=O) groups is 2. The molecule has 27 heavy (non-hydrogen) atoms. The van der Waals surface area contributed by atoms with E-state index in [0.29, 0.717) is 25.2 Å². The van der Waals surface area contributed by atoms with Crippen LogP contribution in [0.25, 0.3) is 0 Å². The molecule has 2 N–H and O–H groups in total. The Morgan fingerprint density at radius 2 is 1.81 bits per heavy atom. The van der Waals surface area contributed by atoms with Crippen molar-refractivity contribution in [1.29, 1.82) is 0 Å². The van der Waals surface area contributed by atoms with E-state index < -0.39 is 0 Å². The lowest BCUT2D eigenvalue weighted by Crippen LogP contribution is -2.59. The van der Waals surface area contributed by atoms with Crippen molar-refractivity contribution in [3.8, 4) is 0 Å². The molecule has 0 aliphatic carbocycles. The topological polar surface area (TPSA) is 85.5 Å². The lowest BCUT2D eigenvalue weighted by molar-refractivity contribution is -0.116. The third-order valence-corrected chi connectivity index (χ3v) is 5.47. The molecule has 0 unspecified atom stereocenters. The Kier molecular flexibility index (Phi) is 4.22. The number of para-hydroxylation sites is 2. The van der Waals surface area contributed by atoms with Crippen LogP contribution in [0, 0.1) is 0 Å². The molecule has 2 amide bonds. The van der Waals surface area contributed by atoms with Crippen LogP contribution < -0.4 is 15.8 Å². The van der Waals surface area contributed by atoms with E-state index in [0.717, 1.165) is 24.2 Å². The number of fused-ring (bicyclic) bond motifs is 1. The van der Waals surface area contributed by atoms with E-state index >= 15 is 0 Å². The minimum absolute atomic E-state index is 0.0232. The number of nitrogens with one attached hydrogen (secondary N) is 2. The van der Waals surface area contributed by atoms with E-state index in [1.54, 1.807) is 17.9 Å². The summed E-state index contributed by atoms with van der Waals surface area (Å²) in [5, 5.41) is 3.62. The second-order valence-electron chi connectivity index (χ2n) is 7.26. The Morgan fingerprint density at radius 1 is 1.07 bits per heavy atom. The van der Waals surface area contributed by atoms with Crippen LogP contribution in [0.15, 0.2) is 47.4 Å². The van der Waals surface area contributed by atoms with Crippen molar-refractivity contribution in [2.24, 2.45) is 0 Å². The second-order valence-corrected chi connectivity index (χ2v) is 7.26. The van der Waals surface area contributed by atoms with Gasteiger partial charge in [0, 0.05) is 38.8 Å². The molecule has 1 aromatic heterocycles. The minimum atomic E-state index is -0.234. The molecule has 2 aliphatic heterocycles. The summed E-state index contributed by atoms with van der Waals surface area (Å²) in [4.78, 5) is 42.2. The first-order chi connectivity index (χ1) is 13.0. The van der Waals surface area contributed by atoms with Gasteiger partial charge in [0.2, 0.25) is 11.5 Å². The van der Waals surface area contributed by atoms with Crippen LogP contribution in [0.5, 0.6) is 0 Å². The maximum Gasteiger partial charge on any atom is 0.255 e. The average molecular weight is 366 g/mol. The quantitative estimate of drug-likeness (QED) is 0.806. The first kappa shape index (κ1) is 17.3. The fraction of sp³-hybridized carbons (Fsp3) is 0.350. The van der Waals surface area contributed by atoms with Gasteiger partial charge in [0.15, 0.2) is 0 Å². The van der Waals surface area contributed by atoms with Crippen LogP contribution in [0.4, 0.5) is 11.4 Å². The molecule has 1 spiro atoms. The number of H-pyrrole nitrogens is 1. The molecule has 2 aliphatic rings. The van der Waals surface area contributed by atoms with E-state index in [4.69, 9.17) is 0 Å². The smallest absolute Gasteiger partial charge is 0.255 e. The molecule has 0 radical (unpaired) electrons. The highest BCUT2D eigenvalue weighted by molar-refractivity contribution is 5.97. The van der Waals surface area contributed by atoms with Crippen LogP contribution >= 0.6 is 0 Å². The zero-order valence-electron chi connectivity index (χ0n) is 15.2. The van der Waals surface area contributed by atoms with Gasteiger partial charge in [-0.3, -0.25) is 14.4 Å². The van der Waals surface area contributed by atoms with Gasteiger partial charge in [-0.15, -0.1) is 0 Å². The van der Waals surface area contributed by atoms with Crippen LogP contribution in [0.3, 0.4) is 0 Å². The van der Waals surface area contributed by atoms with E-state index in [1.165, 1.54) is 12.3 Å².